The van der Waals surface area contributed by atoms with Gasteiger partial charge in [0.1, 0.15) is 17.4 Å². The van der Waals surface area contributed by atoms with Gasteiger partial charge in [0.25, 0.3) is 0 Å². The molecule has 1 aliphatic rings. The van der Waals surface area contributed by atoms with Gasteiger partial charge in [0.15, 0.2) is 0 Å². The van der Waals surface area contributed by atoms with E-state index in [1.165, 1.54) is 12.1 Å². The normalized spacial score (nSPS) is 16.9. The molecule has 18 heavy (non-hydrogen) atoms. The second kappa shape index (κ2) is 5.93. The van der Waals surface area contributed by atoms with Crippen LogP contribution in [0, 0.1) is 11.6 Å². The highest BCUT2D eigenvalue weighted by atomic mass is 19.1. The Morgan fingerprint density at radius 3 is 2.83 bits per heavy atom. The Hall–Kier alpha value is -1.46. The molecule has 1 aromatic rings. The zero-order valence-corrected chi connectivity index (χ0v) is 9.96. The van der Waals surface area contributed by atoms with Crippen LogP contribution in [0.2, 0.25) is 0 Å². The molecule has 0 amide bonds. The first-order chi connectivity index (χ1) is 8.70. The van der Waals surface area contributed by atoms with Gasteiger partial charge in [0.2, 0.25) is 0 Å². The minimum Gasteiger partial charge on any atom is -0.497 e. The topological polar surface area (TPSA) is 47.3 Å². The Kier molecular flexibility index (Phi) is 4.28. The van der Waals surface area contributed by atoms with E-state index in [1.807, 2.05) is 6.08 Å². The smallest absolute Gasteiger partial charge is 0.129 e. The van der Waals surface area contributed by atoms with Crippen molar-refractivity contribution in [1.82, 2.24) is 5.43 Å². The fraction of sp³-hybridized carbons (Fsp3) is 0.385. The van der Waals surface area contributed by atoms with Crippen LogP contribution in [0.4, 0.5) is 8.78 Å². The molecular weight excluding hydrogens is 238 g/mol. The van der Waals surface area contributed by atoms with Crippen LogP contribution in [0.1, 0.15) is 18.4 Å². The van der Waals surface area contributed by atoms with E-state index < -0.39 is 11.6 Å². The predicted molar refractivity (Wildman–Crippen MR) is 64.4 cm³/mol. The molecule has 0 bridgehead atoms. The minimum atomic E-state index is -0.582. The summed E-state index contributed by atoms with van der Waals surface area (Å²) in [5.41, 5.74) is 3.02. The zero-order chi connectivity index (χ0) is 13.0. The maximum atomic E-state index is 13.5. The number of hydrazine groups is 1. The first kappa shape index (κ1) is 13.0. The monoisotopic (exact) mass is 254 g/mol. The highest BCUT2D eigenvalue weighted by Gasteiger charge is 2.18. The number of ether oxygens (including phenoxy) is 1. The molecule has 0 fully saturated rings. The van der Waals surface area contributed by atoms with Gasteiger partial charge in [-0.25, -0.2) is 14.2 Å². The maximum Gasteiger partial charge on any atom is 0.129 e. The molecule has 1 heterocycles. The van der Waals surface area contributed by atoms with Crippen LogP contribution in [0.25, 0.3) is 0 Å². The van der Waals surface area contributed by atoms with Gasteiger partial charge in [-0.15, -0.1) is 0 Å². The first-order valence-electron chi connectivity index (χ1n) is 5.93. The van der Waals surface area contributed by atoms with Crippen LogP contribution in [0.5, 0.6) is 0 Å². The van der Waals surface area contributed by atoms with E-state index in [1.54, 1.807) is 0 Å². The zero-order valence-electron chi connectivity index (χ0n) is 9.96. The van der Waals surface area contributed by atoms with Gasteiger partial charge < -0.3 is 4.74 Å². The summed E-state index contributed by atoms with van der Waals surface area (Å²) in [5, 5.41) is 0. The van der Waals surface area contributed by atoms with Gasteiger partial charge in [0, 0.05) is 6.07 Å². The molecule has 0 aliphatic carbocycles. The highest BCUT2D eigenvalue weighted by molar-refractivity contribution is 5.22. The molecule has 1 atom stereocenters. The molecule has 5 heteroatoms. The fourth-order valence-corrected chi connectivity index (χ4v) is 1.97. The Morgan fingerprint density at radius 2 is 2.22 bits per heavy atom. The van der Waals surface area contributed by atoms with E-state index in [4.69, 9.17) is 10.6 Å². The van der Waals surface area contributed by atoms with Crippen LogP contribution in [-0.2, 0) is 11.2 Å². The summed E-state index contributed by atoms with van der Waals surface area (Å²) >= 11 is 0. The Bertz CT molecular complexity index is 449. The van der Waals surface area contributed by atoms with Crippen LogP contribution in [0.15, 0.2) is 30.0 Å². The van der Waals surface area contributed by atoms with Gasteiger partial charge in [-0.1, -0.05) is 6.07 Å². The number of nitrogens with one attached hydrogen (secondary N) is 1. The number of benzene rings is 1. The van der Waals surface area contributed by atoms with E-state index in [-0.39, 0.29) is 6.04 Å². The lowest BCUT2D eigenvalue weighted by Gasteiger charge is -2.23. The fourth-order valence-electron chi connectivity index (χ4n) is 1.97. The molecule has 0 spiro atoms. The quantitative estimate of drug-likeness (QED) is 0.638. The summed E-state index contributed by atoms with van der Waals surface area (Å²) in [5.74, 6) is 5.05. The number of hydrogen-bond donors (Lipinski definition) is 2. The van der Waals surface area contributed by atoms with Crippen molar-refractivity contribution >= 4 is 0 Å². The van der Waals surface area contributed by atoms with Gasteiger partial charge in [-0.3, -0.25) is 5.84 Å². The molecule has 3 nitrogen and oxygen atoms in total. The molecule has 3 N–H and O–H groups in total. The predicted octanol–water partition coefficient (Wildman–Crippen LogP) is 2.03. The van der Waals surface area contributed by atoms with Crippen LogP contribution in [0.3, 0.4) is 0 Å². The third kappa shape index (κ3) is 3.05. The third-order valence-corrected chi connectivity index (χ3v) is 2.95. The Morgan fingerprint density at radius 1 is 1.39 bits per heavy atom. The van der Waals surface area contributed by atoms with Crippen molar-refractivity contribution in [2.45, 2.75) is 25.3 Å². The average molecular weight is 254 g/mol. The molecule has 0 radical (unpaired) electrons. The number of hydrogen-bond acceptors (Lipinski definition) is 3. The molecule has 0 saturated heterocycles. The Labute approximate surface area is 105 Å². The van der Waals surface area contributed by atoms with Gasteiger partial charge in [-0.05, 0) is 37.0 Å². The van der Waals surface area contributed by atoms with Crippen molar-refractivity contribution in [2.75, 3.05) is 6.61 Å². The van der Waals surface area contributed by atoms with Crippen molar-refractivity contribution < 1.29 is 13.5 Å². The minimum absolute atomic E-state index is 0.287. The molecule has 98 valence electrons. The third-order valence-electron chi connectivity index (χ3n) is 2.95. The maximum absolute atomic E-state index is 13.5. The molecule has 1 unspecified atom stereocenters. The van der Waals surface area contributed by atoms with Crippen LogP contribution < -0.4 is 11.3 Å². The van der Waals surface area contributed by atoms with Gasteiger partial charge >= 0.3 is 0 Å². The van der Waals surface area contributed by atoms with Crippen molar-refractivity contribution in [1.29, 1.82) is 0 Å². The lowest BCUT2D eigenvalue weighted by atomic mass is 10.0. The molecule has 0 saturated carbocycles. The number of rotatable bonds is 4. The first-order valence-corrected chi connectivity index (χ1v) is 5.93. The van der Waals surface area contributed by atoms with Crippen molar-refractivity contribution in [3.63, 3.8) is 0 Å². The molecule has 1 aromatic carbocycles. The van der Waals surface area contributed by atoms with Crippen LogP contribution in [-0.4, -0.2) is 12.6 Å². The summed E-state index contributed by atoms with van der Waals surface area (Å²) in [4.78, 5) is 0. The van der Waals surface area contributed by atoms with E-state index in [0.29, 0.717) is 18.6 Å². The van der Waals surface area contributed by atoms with Crippen molar-refractivity contribution in [3.05, 3.63) is 47.2 Å². The lowest BCUT2D eigenvalue weighted by molar-refractivity contribution is 0.167. The highest BCUT2D eigenvalue weighted by Crippen LogP contribution is 2.18. The summed E-state index contributed by atoms with van der Waals surface area (Å²) in [6, 6.07) is 3.25. The largest absolute Gasteiger partial charge is 0.497 e. The molecule has 1 aliphatic heterocycles. The lowest BCUT2D eigenvalue weighted by Crippen LogP contribution is -2.39. The molecule has 0 aromatic heterocycles. The van der Waals surface area contributed by atoms with Gasteiger partial charge in [-0.2, -0.15) is 0 Å². The van der Waals surface area contributed by atoms with Crippen molar-refractivity contribution in [2.24, 2.45) is 5.84 Å². The summed E-state index contributed by atoms with van der Waals surface area (Å²) in [6.45, 7) is 0.649. The average Bonchev–Trinajstić information content (AvgIpc) is 2.39. The van der Waals surface area contributed by atoms with E-state index in [9.17, 15) is 8.78 Å². The number of nitrogens with two attached hydrogens (primary N) is 1. The molecule has 2 rings (SSSR count). The van der Waals surface area contributed by atoms with E-state index >= 15 is 0 Å². The van der Waals surface area contributed by atoms with Gasteiger partial charge in [0.05, 0.1) is 12.6 Å². The number of allylic oxidation sites excluding steroid dienone is 1. The summed E-state index contributed by atoms with van der Waals surface area (Å²) in [6.07, 6.45) is 4.19. The van der Waals surface area contributed by atoms with Crippen LogP contribution >= 0.6 is 0 Å². The second-order valence-electron chi connectivity index (χ2n) is 4.26. The standard InChI is InChI=1S/C13H16F2N2O/c14-10-5-4-9(11(15)8-10)7-12(17-16)13-3-1-2-6-18-13/h3-5,8,12,17H,1-2,6-7,16H2. The Balaban J connectivity index is 2.12. The second-order valence-corrected chi connectivity index (χ2v) is 4.26. The van der Waals surface area contributed by atoms with Crippen molar-refractivity contribution in [3.8, 4) is 0 Å². The molecular formula is C13H16F2N2O. The number of halogens is 2. The van der Waals surface area contributed by atoms with E-state index in [0.717, 1.165) is 24.7 Å². The van der Waals surface area contributed by atoms with E-state index in [2.05, 4.69) is 5.43 Å². The summed E-state index contributed by atoms with van der Waals surface area (Å²) in [7, 11) is 0. The summed E-state index contributed by atoms with van der Waals surface area (Å²) < 4.78 is 31.8. The SMILES string of the molecule is NNC(Cc1ccc(F)cc1F)C1=CCCCO1.